The summed E-state index contributed by atoms with van der Waals surface area (Å²) in [6.07, 6.45) is -8.86. The second-order valence-electron chi connectivity index (χ2n) is 16.1. The Morgan fingerprint density at radius 3 is 1.34 bits per heavy atom. The van der Waals surface area contributed by atoms with Gasteiger partial charge in [0.15, 0.2) is 18.4 Å². The van der Waals surface area contributed by atoms with E-state index < -0.39 is 67.2 Å². The molecule has 0 radical (unpaired) electrons. The van der Waals surface area contributed by atoms with Crippen LogP contribution in [0, 0.1) is 0 Å². The molecule has 8 rings (SSSR count). The molecule has 3 aliphatic heterocycles. The van der Waals surface area contributed by atoms with Crippen LogP contribution in [0.4, 0.5) is 0 Å². The summed E-state index contributed by atoms with van der Waals surface area (Å²) in [5.74, 6) is -1.27. The third-order valence-corrected chi connectivity index (χ3v) is 11.0. The van der Waals surface area contributed by atoms with Gasteiger partial charge in [-0.05, 0) is 41.7 Å². The van der Waals surface area contributed by atoms with Crippen LogP contribution >= 0.6 is 0 Å². The Bertz CT molecular complexity index is 2010. The molecule has 11 heteroatoms. The predicted molar refractivity (Wildman–Crippen MR) is 225 cm³/mol. The number of benzene rings is 5. The van der Waals surface area contributed by atoms with Gasteiger partial charge in [-0.1, -0.05) is 152 Å². The van der Waals surface area contributed by atoms with Crippen molar-refractivity contribution >= 4 is 0 Å². The minimum Gasteiger partial charge on any atom is -0.387 e. The number of fused-ring (bicyclic) bond motifs is 2. The number of aliphatic hydroxyl groups excluding tert-OH is 1. The SMILES string of the molecule is CC1(C)O[C@@H]2[C@@H](OCc3ccccc3)[C@H](OCc3ccccc3)O[C@H](COCc3ccccc3)[C@H]2O[C@@H]2O[C@H](COCc3ccccc3)[C@H](O)[C@H](OCc3ccccc3)[C@H]2O1. The van der Waals surface area contributed by atoms with Crippen LogP contribution < -0.4 is 0 Å². The van der Waals surface area contributed by atoms with Gasteiger partial charge in [0, 0.05) is 0 Å². The van der Waals surface area contributed by atoms with Crippen molar-refractivity contribution in [2.24, 2.45) is 0 Å². The molecule has 0 saturated carbocycles. The van der Waals surface area contributed by atoms with Gasteiger partial charge in [-0.3, -0.25) is 0 Å². The molecule has 0 amide bonds. The Labute approximate surface area is 358 Å². The molecule has 5 aromatic carbocycles. The fraction of sp³-hybridized carbons (Fsp3) is 0.400. The van der Waals surface area contributed by atoms with Gasteiger partial charge < -0.3 is 52.5 Å². The molecule has 3 fully saturated rings. The van der Waals surface area contributed by atoms with Crippen LogP contribution in [-0.4, -0.2) is 85.5 Å². The lowest BCUT2D eigenvalue weighted by atomic mass is 9.95. The average molecular weight is 833 g/mol. The van der Waals surface area contributed by atoms with Gasteiger partial charge >= 0.3 is 0 Å². The maximum absolute atomic E-state index is 12.0. The molecule has 5 aromatic rings. The Morgan fingerprint density at radius 1 is 0.443 bits per heavy atom. The van der Waals surface area contributed by atoms with E-state index in [-0.39, 0.29) is 33.0 Å². The molecule has 3 aliphatic rings. The molecule has 3 saturated heterocycles. The topological polar surface area (TPSA) is 113 Å². The summed E-state index contributed by atoms with van der Waals surface area (Å²) in [6.45, 7) is 5.31. The Hall–Kier alpha value is -4.34. The van der Waals surface area contributed by atoms with Gasteiger partial charge in [0.05, 0.1) is 46.2 Å². The molecular weight excluding hydrogens is 777 g/mol. The van der Waals surface area contributed by atoms with Crippen molar-refractivity contribution in [3.63, 3.8) is 0 Å². The van der Waals surface area contributed by atoms with Crippen molar-refractivity contribution in [1.82, 2.24) is 0 Å². The molecule has 0 aliphatic carbocycles. The standard InChI is InChI=1S/C50H56O11/c1-50(2)60-45-43(59-49-47(61-50)44(54-30-37-22-12-5-13-23-37)42(51)40(57-49)33-52-28-35-18-8-3-9-19-35)41(34-53-29-36-20-10-4-11-21-36)58-48(56-32-39-26-16-7-17-27-39)46(45)55-31-38-24-14-6-15-25-38/h3-27,40-49,51H,28-34H2,1-2H3/t40-,41-,42+,43-,44+,45+,46-,47-,48-,49+/m1/s1. The number of hydrogen-bond acceptors (Lipinski definition) is 11. The molecule has 1 N–H and O–H groups in total. The van der Waals surface area contributed by atoms with Crippen LogP contribution in [0.1, 0.15) is 41.7 Å². The minimum absolute atomic E-state index is 0.0696. The maximum atomic E-state index is 12.0. The highest BCUT2D eigenvalue weighted by molar-refractivity contribution is 5.17. The van der Waals surface area contributed by atoms with Crippen molar-refractivity contribution in [3.05, 3.63) is 179 Å². The molecule has 0 unspecified atom stereocenters. The van der Waals surface area contributed by atoms with Gasteiger partial charge in [-0.25, -0.2) is 0 Å². The van der Waals surface area contributed by atoms with Crippen LogP contribution in [0.15, 0.2) is 152 Å². The first-order valence-electron chi connectivity index (χ1n) is 21.1. The van der Waals surface area contributed by atoms with E-state index >= 15 is 0 Å². The molecule has 61 heavy (non-hydrogen) atoms. The molecule has 3 heterocycles. The van der Waals surface area contributed by atoms with E-state index in [0.717, 1.165) is 27.8 Å². The summed E-state index contributed by atoms with van der Waals surface area (Å²) >= 11 is 0. The molecule has 10 atom stereocenters. The molecule has 11 nitrogen and oxygen atoms in total. The third-order valence-electron chi connectivity index (χ3n) is 11.0. The van der Waals surface area contributed by atoms with Crippen molar-refractivity contribution in [3.8, 4) is 0 Å². The van der Waals surface area contributed by atoms with E-state index in [1.54, 1.807) is 0 Å². The highest BCUT2D eigenvalue weighted by atomic mass is 16.8. The summed E-state index contributed by atoms with van der Waals surface area (Å²) < 4.78 is 66.9. The van der Waals surface area contributed by atoms with Gasteiger partial charge in [0.1, 0.15) is 48.8 Å². The van der Waals surface area contributed by atoms with E-state index in [0.29, 0.717) is 13.2 Å². The monoisotopic (exact) mass is 832 g/mol. The Kier molecular flexibility index (Phi) is 15.0. The molecular formula is C50H56O11. The van der Waals surface area contributed by atoms with Crippen LogP contribution in [0.25, 0.3) is 0 Å². The van der Waals surface area contributed by atoms with Crippen molar-refractivity contribution in [1.29, 1.82) is 0 Å². The Balaban J connectivity index is 1.11. The first-order chi connectivity index (χ1) is 29.9. The maximum Gasteiger partial charge on any atom is 0.187 e. The lowest BCUT2D eigenvalue weighted by Crippen LogP contribution is -2.70. The zero-order valence-electron chi connectivity index (χ0n) is 34.7. The number of hydrogen-bond donors (Lipinski definition) is 1. The quantitative estimate of drug-likeness (QED) is 0.100. The number of rotatable bonds is 17. The highest BCUT2D eigenvalue weighted by Gasteiger charge is 2.58. The normalized spacial score (nSPS) is 28.5. The fourth-order valence-electron chi connectivity index (χ4n) is 7.93. The number of aliphatic hydroxyl groups is 1. The van der Waals surface area contributed by atoms with Crippen LogP contribution in [-0.2, 0) is 80.4 Å². The van der Waals surface area contributed by atoms with Crippen LogP contribution in [0.5, 0.6) is 0 Å². The summed E-state index contributed by atoms with van der Waals surface area (Å²) in [4.78, 5) is 0. The van der Waals surface area contributed by atoms with Gasteiger partial charge in [-0.2, -0.15) is 0 Å². The lowest BCUT2D eigenvalue weighted by molar-refractivity contribution is -0.432. The van der Waals surface area contributed by atoms with Crippen LogP contribution in [0.2, 0.25) is 0 Å². The van der Waals surface area contributed by atoms with E-state index in [1.165, 1.54) is 0 Å². The smallest absolute Gasteiger partial charge is 0.187 e. The fourth-order valence-corrected chi connectivity index (χ4v) is 7.93. The summed E-state index contributed by atoms with van der Waals surface area (Å²) in [6, 6.07) is 49.5. The second-order valence-corrected chi connectivity index (χ2v) is 16.1. The van der Waals surface area contributed by atoms with Gasteiger partial charge in [0.25, 0.3) is 0 Å². The predicted octanol–water partition coefficient (Wildman–Crippen LogP) is 7.52. The average Bonchev–Trinajstić information content (AvgIpc) is 3.28. The van der Waals surface area contributed by atoms with E-state index in [2.05, 4.69) is 0 Å². The summed E-state index contributed by atoms with van der Waals surface area (Å²) in [7, 11) is 0. The zero-order valence-corrected chi connectivity index (χ0v) is 34.7. The molecule has 0 aromatic heterocycles. The third kappa shape index (κ3) is 11.8. The van der Waals surface area contributed by atoms with E-state index in [4.69, 9.17) is 47.4 Å². The molecule has 0 bridgehead atoms. The molecule has 0 spiro atoms. The van der Waals surface area contributed by atoms with Gasteiger partial charge in [-0.15, -0.1) is 0 Å². The van der Waals surface area contributed by atoms with Crippen LogP contribution in [0.3, 0.4) is 0 Å². The summed E-state index contributed by atoms with van der Waals surface area (Å²) in [5.41, 5.74) is 4.90. The van der Waals surface area contributed by atoms with Gasteiger partial charge in [0.2, 0.25) is 0 Å². The largest absolute Gasteiger partial charge is 0.387 e. The van der Waals surface area contributed by atoms with Crippen molar-refractivity contribution in [2.45, 2.75) is 114 Å². The Morgan fingerprint density at radius 2 is 0.852 bits per heavy atom. The van der Waals surface area contributed by atoms with E-state index in [9.17, 15) is 5.11 Å². The summed E-state index contributed by atoms with van der Waals surface area (Å²) in [5, 5.41) is 12.0. The first kappa shape index (κ1) is 43.3. The number of ether oxygens (including phenoxy) is 10. The molecule has 322 valence electrons. The minimum atomic E-state index is -1.27. The second kappa shape index (κ2) is 21.2. The lowest BCUT2D eigenvalue weighted by Gasteiger charge is -2.54. The van der Waals surface area contributed by atoms with Crippen molar-refractivity contribution < 1.29 is 52.5 Å². The highest BCUT2D eigenvalue weighted by Crippen LogP contribution is 2.40. The van der Waals surface area contributed by atoms with Crippen molar-refractivity contribution in [2.75, 3.05) is 13.2 Å². The first-order valence-corrected chi connectivity index (χ1v) is 21.1. The zero-order chi connectivity index (χ0) is 41.9. The van der Waals surface area contributed by atoms with E-state index in [1.807, 2.05) is 166 Å².